The molecular formula is C83H162O17P2. The average molecular weight is 1490 g/mol. The third-order valence-electron chi connectivity index (χ3n) is 19.5. The van der Waals surface area contributed by atoms with Crippen LogP contribution in [0.3, 0.4) is 0 Å². The van der Waals surface area contributed by atoms with Crippen LogP contribution in [0.2, 0.25) is 0 Å². The third-order valence-corrected chi connectivity index (χ3v) is 21.4. The Morgan fingerprint density at radius 2 is 0.451 bits per heavy atom. The van der Waals surface area contributed by atoms with E-state index in [1.54, 1.807) is 0 Å². The number of aliphatic hydroxyl groups is 1. The summed E-state index contributed by atoms with van der Waals surface area (Å²) in [5, 5.41) is 10.6. The van der Waals surface area contributed by atoms with E-state index in [4.69, 9.17) is 37.0 Å². The maximum Gasteiger partial charge on any atom is 0.472 e. The van der Waals surface area contributed by atoms with E-state index in [0.717, 1.165) is 102 Å². The lowest BCUT2D eigenvalue weighted by Crippen LogP contribution is -2.30. The first-order chi connectivity index (χ1) is 49.5. The maximum atomic E-state index is 13.1. The highest BCUT2D eigenvalue weighted by molar-refractivity contribution is 7.47. The Balaban J connectivity index is 5.10. The molecule has 0 aliphatic carbocycles. The number of hydrogen-bond donors (Lipinski definition) is 3. The molecule has 0 saturated heterocycles. The van der Waals surface area contributed by atoms with Crippen molar-refractivity contribution in [2.45, 2.75) is 464 Å². The summed E-state index contributed by atoms with van der Waals surface area (Å²) in [5.74, 6) is -1.34. The summed E-state index contributed by atoms with van der Waals surface area (Å²) in [7, 11) is -9.91. The van der Waals surface area contributed by atoms with Gasteiger partial charge >= 0.3 is 39.5 Å². The van der Waals surface area contributed by atoms with Crippen molar-refractivity contribution < 1.29 is 80.2 Å². The Labute approximate surface area is 626 Å². The Bertz CT molecular complexity index is 1940. The van der Waals surface area contributed by atoms with Gasteiger partial charge in [-0.3, -0.25) is 37.3 Å². The van der Waals surface area contributed by atoms with E-state index in [9.17, 15) is 43.2 Å². The number of aliphatic hydroxyl groups excluding tert-OH is 1. The van der Waals surface area contributed by atoms with E-state index in [1.807, 2.05) is 0 Å². The molecule has 0 aliphatic heterocycles. The highest BCUT2D eigenvalue weighted by atomic mass is 31.2. The number of carbonyl (C=O) groups is 4. The van der Waals surface area contributed by atoms with Crippen LogP contribution in [-0.4, -0.2) is 96.7 Å². The number of carbonyl (C=O) groups excluding carboxylic acids is 4. The van der Waals surface area contributed by atoms with Crippen molar-refractivity contribution in [1.82, 2.24) is 0 Å². The second kappa shape index (κ2) is 75.9. The zero-order valence-electron chi connectivity index (χ0n) is 66.8. The van der Waals surface area contributed by atoms with E-state index >= 15 is 0 Å². The van der Waals surface area contributed by atoms with Gasteiger partial charge in [-0.05, 0) is 31.6 Å². The fourth-order valence-electron chi connectivity index (χ4n) is 12.9. The first kappa shape index (κ1) is 100. The molecule has 0 radical (unpaired) electrons. The van der Waals surface area contributed by atoms with Crippen LogP contribution in [0.25, 0.3) is 0 Å². The number of hydrogen-bond acceptors (Lipinski definition) is 15. The number of esters is 4. The molecule has 0 aromatic carbocycles. The first-order valence-corrected chi connectivity index (χ1v) is 46.1. The van der Waals surface area contributed by atoms with Gasteiger partial charge in [0.2, 0.25) is 0 Å². The van der Waals surface area contributed by atoms with Gasteiger partial charge < -0.3 is 33.8 Å². The van der Waals surface area contributed by atoms with Gasteiger partial charge in [0.1, 0.15) is 19.3 Å². The van der Waals surface area contributed by atoms with Crippen LogP contribution >= 0.6 is 15.6 Å². The molecule has 102 heavy (non-hydrogen) atoms. The topological polar surface area (TPSA) is 237 Å². The highest BCUT2D eigenvalue weighted by Crippen LogP contribution is 2.45. The molecule has 19 heteroatoms. The fourth-order valence-corrected chi connectivity index (χ4v) is 14.5. The van der Waals surface area contributed by atoms with Crippen molar-refractivity contribution in [1.29, 1.82) is 0 Å². The molecule has 0 aliphatic rings. The van der Waals surface area contributed by atoms with Gasteiger partial charge in [-0.15, -0.1) is 0 Å². The highest BCUT2D eigenvalue weighted by Gasteiger charge is 2.30. The predicted octanol–water partition coefficient (Wildman–Crippen LogP) is 25.2. The summed E-state index contributed by atoms with van der Waals surface area (Å²) in [6.45, 7) is 7.25. The van der Waals surface area contributed by atoms with E-state index in [2.05, 4.69) is 34.6 Å². The minimum Gasteiger partial charge on any atom is -0.462 e. The third kappa shape index (κ3) is 76.3. The molecule has 0 bridgehead atoms. The summed E-state index contributed by atoms with van der Waals surface area (Å²) in [5.41, 5.74) is 0. The molecule has 0 heterocycles. The van der Waals surface area contributed by atoms with Crippen LogP contribution in [0.1, 0.15) is 446 Å². The molecule has 2 unspecified atom stereocenters. The standard InChI is InChI=1S/C83H162O17P2/c1-6-9-12-15-17-19-21-23-25-27-29-31-33-35-37-39-44-48-52-57-62-67-81(86)94-73-79(100-83(88)69-63-58-53-49-45-40-38-36-34-32-30-28-26-24-22-20-18-16-13-10-7-2)75-98-102(91,92)96-71-77(84)70-95-101(89,90)97-74-78(72-93-80(85)66-61-55-14-11-8-3)99-82(87)68-64-59-54-50-46-42-41-43-47-51-56-60-65-76(4)5/h76-79,84H,6-75H2,1-5H3,(H,89,90)(H,91,92)/t77-,78+,79+/m0/s1. The van der Waals surface area contributed by atoms with Crippen LogP contribution in [0, 0.1) is 5.92 Å². The van der Waals surface area contributed by atoms with Crippen LogP contribution < -0.4 is 0 Å². The average Bonchev–Trinajstić information content (AvgIpc) is 0.921. The molecule has 0 rings (SSSR count). The number of rotatable bonds is 83. The Hall–Kier alpha value is -1.94. The zero-order chi connectivity index (χ0) is 74.8. The molecule has 0 saturated carbocycles. The number of ether oxygens (including phenoxy) is 4. The van der Waals surface area contributed by atoms with Crippen LogP contribution in [-0.2, 0) is 65.4 Å². The number of unbranched alkanes of at least 4 members (excludes halogenated alkanes) is 55. The molecule has 0 aromatic heterocycles. The molecule has 0 spiro atoms. The molecule has 0 fully saturated rings. The molecule has 0 amide bonds. The summed E-state index contributed by atoms with van der Waals surface area (Å²) in [6.07, 6.45) is 68.7. The summed E-state index contributed by atoms with van der Waals surface area (Å²) < 4.78 is 68.5. The second-order valence-electron chi connectivity index (χ2n) is 30.3. The van der Waals surface area contributed by atoms with Crippen molar-refractivity contribution in [3.63, 3.8) is 0 Å². The van der Waals surface area contributed by atoms with Gasteiger partial charge in [0.25, 0.3) is 0 Å². The van der Waals surface area contributed by atoms with E-state index < -0.39 is 97.5 Å². The molecule has 17 nitrogen and oxygen atoms in total. The van der Waals surface area contributed by atoms with Crippen LogP contribution in [0.15, 0.2) is 0 Å². The maximum absolute atomic E-state index is 13.1. The summed E-state index contributed by atoms with van der Waals surface area (Å²) in [6, 6.07) is 0. The minimum absolute atomic E-state index is 0.106. The molecule has 0 aromatic rings. The van der Waals surface area contributed by atoms with Gasteiger partial charge in [0, 0.05) is 25.7 Å². The lowest BCUT2D eigenvalue weighted by Gasteiger charge is -2.21. The number of phosphoric acid groups is 2. The van der Waals surface area contributed by atoms with Gasteiger partial charge in [-0.25, -0.2) is 9.13 Å². The van der Waals surface area contributed by atoms with Crippen molar-refractivity contribution in [3.8, 4) is 0 Å². The fraction of sp³-hybridized carbons (Fsp3) is 0.952. The molecule has 5 atom stereocenters. The zero-order valence-corrected chi connectivity index (χ0v) is 68.5. The lowest BCUT2D eigenvalue weighted by molar-refractivity contribution is -0.161. The van der Waals surface area contributed by atoms with E-state index in [0.29, 0.717) is 25.7 Å². The van der Waals surface area contributed by atoms with Gasteiger partial charge in [-0.1, -0.05) is 394 Å². The van der Waals surface area contributed by atoms with Gasteiger partial charge in [0.05, 0.1) is 26.4 Å². The lowest BCUT2D eigenvalue weighted by atomic mass is 10.0. The minimum atomic E-state index is -4.96. The summed E-state index contributed by atoms with van der Waals surface area (Å²) in [4.78, 5) is 72.8. The first-order valence-electron chi connectivity index (χ1n) is 43.1. The SMILES string of the molecule is CCCCCCCCCCCCCCCCCCCCCCCC(=O)OC[C@H](COP(=O)(O)OC[C@@H](O)COP(=O)(O)OC[C@@H](COC(=O)CCCCCCC)OC(=O)CCCCCCCCCCCCCCC(C)C)OC(=O)CCCCCCCCCCCCCCCCCCCCCCC. The second-order valence-corrected chi connectivity index (χ2v) is 33.3. The van der Waals surface area contributed by atoms with Crippen molar-refractivity contribution >= 4 is 39.5 Å². The molecule has 3 N–H and O–H groups in total. The monoisotopic (exact) mass is 1490 g/mol. The van der Waals surface area contributed by atoms with Crippen LogP contribution in [0.4, 0.5) is 0 Å². The van der Waals surface area contributed by atoms with Crippen LogP contribution in [0.5, 0.6) is 0 Å². The normalized spacial score (nSPS) is 13.8. The van der Waals surface area contributed by atoms with Crippen molar-refractivity contribution in [2.75, 3.05) is 39.6 Å². The Kier molecular flexibility index (Phi) is 74.4. The Morgan fingerprint density at radius 3 is 0.667 bits per heavy atom. The smallest absolute Gasteiger partial charge is 0.462 e. The van der Waals surface area contributed by atoms with Gasteiger partial charge in [-0.2, -0.15) is 0 Å². The van der Waals surface area contributed by atoms with Gasteiger partial charge in [0.15, 0.2) is 12.2 Å². The van der Waals surface area contributed by atoms with E-state index in [-0.39, 0.29) is 25.7 Å². The quantitative estimate of drug-likeness (QED) is 0.0222. The predicted molar refractivity (Wildman–Crippen MR) is 418 cm³/mol. The number of phosphoric ester groups is 2. The molecule has 606 valence electrons. The van der Waals surface area contributed by atoms with Crippen molar-refractivity contribution in [3.05, 3.63) is 0 Å². The summed E-state index contributed by atoms with van der Waals surface area (Å²) >= 11 is 0. The largest absolute Gasteiger partial charge is 0.472 e. The Morgan fingerprint density at radius 1 is 0.265 bits per heavy atom. The van der Waals surface area contributed by atoms with Crippen molar-refractivity contribution in [2.24, 2.45) is 5.92 Å². The van der Waals surface area contributed by atoms with E-state index in [1.165, 1.54) is 263 Å². The molecular weight excluding hydrogens is 1330 g/mol.